The Bertz CT molecular complexity index is 775. The van der Waals surface area contributed by atoms with Crippen LogP contribution in [0, 0.1) is 5.92 Å². The Morgan fingerprint density at radius 1 is 1.34 bits per heavy atom. The van der Waals surface area contributed by atoms with Gasteiger partial charge in [-0.05, 0) is 45.2 Å². The molecule has 1 saturated heterocycles. The van der Waals surface area contributed by atoms with Gasteiger partial charge in [0.1, 0.15) is 12.2 Å². The first-order chi connectivity index (χ1) is 14.1. The summed E-state index contributed by atoms with van der Waals surface area (Å²) in [4.78, 5) is 18.6. The van der Waals surface area contributed by atoms with Crippen LogP contribution in [0.25, 0.3) is 0 Å². The maximum absolute atomic E-state index is 4.92. The third kappa shape index (κ3) is 6.24. The summed E-state index contributed by atoms with van der Waals surface area (Å²) in [7, 11) is 3.97. The molecule has 3 heterocycles. The van der Waals surface area contributed by atoms with E-state index < -0.39 is 0 Å². The Balaban J connectivity index is 1.48. The number of rotatable bonds is 8. The molecule has 0 atom stereocenters. The summed E-state index contributed by atoms with van der Waals surface area (Å²) in [6, 6.07) is 0. The maximum Gasteiger partial charge on any atom is 0.194 e. The molecule has 1 N–H and O–H groups in total. The zero-order valence-corrected chi connectivity index (χ0v) is 19.0. The monoisotopic (exact) mass is 418 g/mol. The normalized spacial score (nSPS) is 16.3. The highest BCUT2D eigenvalue weighted by atomic mass is 32.1. The van der Waals surface area contributed by atoms with Crippen LogP contribution in [0.5, 0.6) is 0 Å². The molecule has 2 aromatic rings. The lowest BCUT2D eigenvalue weighted by Crippen LogP contribution is -2.40. The number of nitrogens with zero attached hydrogens (tertiary/aromatic N) is 7. The molecule has 0 unspecified atom stereocenters. The summed E-state index contributed by atoms with van der Waals surface area (Å²) in [6.07, 6.45) is 5.01. The SMILES string of the molecule is CCNC(=NCC1CCN(Cc2csc(CC)n2)CC1)N(C)Cc1ncnn1C. The molecule has 0 aliphatic carbocycles. The van der Waals surface area contributed by atoms with Crippen molar-refractivity contribution in [2.24, 2.45) is 18.0 Å². The third-order valence-corrected chi connectivity index (χ3v) is 6.42. The Kier molecular flexibility index (Phi) is 8.00. The van der Waals surface area contributed by atoms with Crippen molar-refractivity contribution in [2.75, 3.05) is 33.2 Å². The Morgan fingerprint density at radius 2 is 2.14 bits per heavy atom. The number of hydrogen-bond donors (Lipinski definition) is 1. The van der Waals surface area contributed by atoms with Crippen molar-refractivity contribution in [3.63, 3.8) is 0 Å². The minimum Gasteiger partial charge on any atom is -0.357 e. The standard InChI is InChI=1S/C20H34N8S/c1-5-19-25-17(14-29-19)12-28-9-7-16(8-10-28)11-22-20(21-6-2)26(3)13-18-23-15-24-27(18)4/h14-16H,5-13H2,1-4H3,(H,21,22). The topological polar surface area (TPSA) is 74.5 Å². The first kappa shape index (κ1) is 21.7. The molecule has 0 amide bonds. The second-order valence-corrected chi connectivity index (χ2v) is 8.60. The average molecular weight is 419 g/mol. The lowest BCUT2D eigenvalue weighted by Gasteiger charge is -2.31. The highest BCUT2D eigenvalue weighted by molar-refractivity contribution is 7.09. The molecule has 0 radical (unpaired) electrons. The van der Waals surface area contributed by atoms with Crippen LogP contribution in [0.15, 0.2) is 16.7 Å². The van der Waals surface area contributed by atoms with E-state index in [9.17, 15) is 0 Å². The van der Waals surface area contributed by atoms with Gasteiger partial charge in [0.2, 0.25) is 0 Å². The number of guanidine groups is 1. The molecule has 9 heteroatoms. The van der Waals surface area contributed by atoms with Gasteiger partial charge < -0.3 is 10.2 Å². The Labute approximate surface area is 178 Å². The molecule has 0 aromatic carbocycles. The van der Waals surface area contributed by atoms with Gasteiger partial charge in [-0.2, -0.15) is 5.10 Å². The smallest absolute Gasteiger partial charge is 0.194 e. The lowest BCUT2D eigenvalue weighted by molar-refractivity contribution is 0.179. The number of aromatic nitrogens is 4. The number of aliphatic imine (C=N–C) groups is 1. The van der Waals surface area contributed by atoms with E-state index in [1.54, 1.807) is 17.7 Å². The van der Waals surface area contributed by atoms with E-state index in [0.717, 1.165) is 50.9 Å². The largest absolute Gasteiger partial charge is 0.357 e. The molecule has 160 valence electrons. The van der Waals surface area contributed by atoms with Crippen molar-refractivity contribution in [1.29, 1.82) is 0 Å². The minimum atomic E-state index is 0.643. The van der Waals surface area contributed by atoms with Crippen molar-refractivity contribution < 1.29 is 0 Å². The Hall–Kier alpha value is -2.00. The molecule has 1 fully saturated rings. The summed E-state index contributed by atoms with van der Waals surface area (Å²) in [5.41, 5.74) is 1.23. The fourth-order valence-corrected chi connectivity index (χ4v) is 4.31. The van der Waals surface area contributed by atoms with Gasteiger partial charge in [0, 0.05) is 39.1 Å². The molecule has 2 aromatic heterocycles. The van der Waals surface area contributed by atoms with Gasteiger partial charge in [-0.15, -0.1) is 11.3 Å². The van der Waals surface area contributed by atoms with Crippen molar-refractivity contribution in [3.05, 3.63) is 28.2 Å². The van der Waals surface area contributed by atoms with Gasteiger partial charge in [0.25, 0.3) is 0 Å². The van der Waals surface area contributed by atoms with Gasteiger partial charge in [-0.25, -0.2) is 9.97 Å². The van der Waals surface area contributed by atoms with Crippen LogP contribution >= 0.6 is 11.3 Å². The summed E-state index contributed by atoms with van der Waals surface area (Å²) in [6.45, 7) is 9.93. The number of aryl methyl sites for hydroxylation is 2. The number of likely N-dealkylation sites (tertiary alicyclic amines) is 1. The van der Waals surface area contributed by atoms with Crippen molar-refractivity contribution in [3.8, 4) is 0 Å². The molecule has 1 aliphatic rings. The fraction of sp³-hybridized carbons (Fsp3) is 0.700. The van der Waals surface area contributed by atoms with Gasteiger partial charge in [0.05, 0.1) is 17.2 Å². The van der Waals surface area contributed by atoms with Crippen LogP contribution < -0.4 is 5.32 Å². The van der Waals surface area contributed by atoms with Crippen LogP contribution in [-0.4, -0.2) is 68.7 Å². The number of thiazole rings is 1. The number of nitrogens with one attached hydrogen (secondary N) is 1. The van der Waals surface area contributed by atoms with E-state index in [1.165, 1.54) is 23.5 Å². The van der Waals surface area contributed by atoms with Crippen LogP contribution in [-0.2, 0) is 26.6 Å². The van der Waals surface area contributed by atoms with Crippen LogP contribution in [0.3, 0.4) is 0 Å². The lowest BCUT2D eigenvalue weighted by atomic mass is 9.97. The summed E-state index contributed by atoms with van der Waals surface area (Å²) in [5.74, 6) is 2.51. The average Bonchev–Trinajstić information content (AvgIpc) is 3.35. The van der Waals surface area contributed by atoms with E-state index >= 15 is 0 Å². The summed E-state index contributed by atoms with van der Waals surface area (Å²) in [5, 5.41) is 11.0. The number of hydrogen-bond acceptors (Lipinski definition) is 6. The van der Waals surface area contributed by atoms with Gasteiger partial charge >= 0.3 is 0 Å². The van der Waals surface area contributed by atoms with Crippen LogP contribution in [0.4, 0.5) is 0 Å². The van der Waals surface area contributed by atoms with Crippen molar-refractivity contribution in [2.45, 2.75) is 46.2 Å². The van der Waals surface area contributed by atoms with E-state index in [1.807, 2.05) is 11.7 Å². The van der Waals surface area contributed by atoms with Gasteiger partial charge in [-0.3, -0.25) is 14.6 Å². The molecule has 0 spiro atoms. The molecular weight excluding hydrogens is 384 g/mol. The highest BCUT2D eigenvalue weighted by Gasteiger charge is 2.20. The first-order valence-electron chi connectivity index (χ1n) is 10.6. The predicted octanol–water partition coefficient (Wildman–Crippen LogP) is 2.14. The molecule has 3 rings (SSSR count). The van der Waals surface area contributed by atoms with Crippen LogP contribution in [0.1, 0.15) is 43.2 Å². The van der Waals surface area contributed by atoms with E-state index in [-0.39, 0.29) is 0 Å². The van der Waals surface area contributed by atoms with Crippen molar-refractivity contribution >= 4 is 17.3 Å². The Morgan fingerprint density at radius 3 is 2.76 bits per heavy atom. The van der Waals surface area contributed by atoms with Crippen molar-refractivity contribution in [1.82, 2.24) is 34.9 Å². The first-order valence-corrected chi connectivity index (χ1v) is 11.4. The van der Waals surface area contributed by atoms with Crippen LogP contribution in [0.2, 0.25) is 0 Å². The summed E-state index contributed by atoms with van der Waals surface area (Å²) < 4.78 is 1.81. The molecule has 0 bridgehead atoms. The molecule has 29 heavy (non-hydrogen) atoms. The zero-order chi connectivity index (χ0) is 20.6. The molecule has 0 saturated carbocycles. The third-order valence-electron chi connectivity index (χ3n) is 5.37. The molecule has 8 nitrogen and oxygen atoms in total. The van der Waals surface area contributed by atoms with E-state index in [4.69, 9.17) is 9.98 Å². The second-order valence-electron chi connectivity index (χ2n) is 7.66. The predicted molar refractivity (Wildman–Crippen MR) is 118 cm³/mol. The summed E-state index contributed by atoms with van der Waals surface area (Å²) >= 11 is 1.78. The maximum atomic E-state index is 4.92. The van der Waals surface area contributed by atoms with E-state index in [0.29, 0.717) is 12.5 Å². The molecule has 1 aliphatic heterocycles. The number of piperidine rings is 1. The highest BCUT2D eigenvalue weighted by Crippen LogP contribution is 2.20. The van der Waals surface area contributed by atoms with Gasteiger partial charge in [-0.1, -0.05) is 6.92 Å². The van der Waals surface area contributed by atoms with Gasteiger partial charge in [0.15, 0.2) is 5.96 Å². The zero-order valence-electron chi connectivity index (χ0n) is 18.1. The fourth-order valence-electron chi connectivity index (χ4n) is 3.58. The minimum absolute atomic E-state index is 0.643. The van der Waals surface area contributed by atoms with E-state index in [2.05, 4.69) is 51.5 Å². The quantitative estimate of drug-likeness (QED) is 0.523. The molecular formula is C20H34N8S. The second kappa shape index (κ2) is 10.7.